The van der Waals surface area contributed by atoms with Crippen LogP contribution in [0.2, 0.25) is 0 Å². The van der Waals surface area contributed by atoms with E-state index in [0.717, 1.165) is 24.3 Å². The van der Waals surface area contributed by atoms with Gasteiger partial charge in [-0.1, -0.05) is 64.5 Å². The summed E-state index contributed by atoms with van der Waals surface area (Å²) in [4.78, 5) is 0. The van der Waals surface area contributed by atoms with Gasteiger partial charge in [-0.2, -0.15) is 0 Å². The second-order valence-corrected chi connectivity index (χ2v) is 6.08. The largest absolute Gasteiger partial charge is 0.493 e. The summed E-state index contributed by atoms with van der Waals surface area (Å²) >= 11 is 0. The van der Waals surface area contributed by atoms with E-state index in [1.54, 1.807) is 0 Å². The number of ether oxygens (including phenoxy) is 1. The summed E-state index contributed by atoms with van der Waals surface area (Å²) in [5.74, 6) is 0.943. The third-order valence-electron chi connectivity index (χ3n) is 3.94. The van der Waals surface area contributed by atoms with Gasteiger partial charge < -0.3 is 10.1 Å². The lowest BCUT2D eigenvalue weighted by atomic mass is 10.2. The van der Waals surface area contributed by atoms with Crippen molar-refractivity contribution in [3.05, 3.63) is 36.4 Å². The van der Waals surface area contributed by atoms with E-state index in [-0.39, 0.29) is 0 Å². The molecule has 0 saturated carbocycles. The average Bonchev–Trinajstić information content (AvgIpc) is 2.59. The summed E-state index contributed by atoms with van der Waals surface area (Å²) in [5, 5.41) is 3.48. The van der Waals surface area contributed by atoms with Crippen LogP contribution in [0, 0.1) is 0 Å². The lowest BCUT2D eigenvalue weighted by molar-refractivity contribution is 0.305. The van der Waals surface area contributed by atoms with E-state index in [0.29, 0.717) is 12.1 Å². The van der Waals surface area contributed by atoms with Gasteiger partial charge in [0.1, 0.15) is 5.75 Å². The van der Waals surface area contributed by atoms with Gasteiger partial charge in [-0.3, -0.25) is 0 Å². The summed E-state index contributed by atoms with van der Waals surface area (Å²) in [7, 11) is 0. The van der Waals surface area contributed by atoms with E-state index in [1.807, 2.05) is 30.3 Å². The molecule has 0 bridgehead atoms. The van der Waals surface area contributed by atoms with Crippen LogP contribution in [0.1, 0.15) is 72.3 Å². The first-order valence-electron chi connectivity index (χ1n) is 9.19. The van der Waals surface area contributed by atoms with Crippen molar-refractivity contribution in [2.75, 3.05) is 6.61 Å². The topological polar surface area (TPSA) is 21.3 Å². The highest BCUT2D eigenvalue weighted by Gasteiger charge is 2.01. The zero-order chi connectivity index (χ0) is 17.5. The molecule has 0 aliphatic heterocycles. The molecule has 1 rings (SSSR count). The molecule has 1 N–H and O–H groups in total. The van der Waals surface area contributed by atoms with E-state index in [1.165, 1.54) is 25.7 Å². The van der Waals surface area contributed by atoms with Crippen LogP contribution in [0.3, 0.4) is 0 Å². The van der Waals surface area contributed by atoms with Crippen molar-refractivity contribution in [2.24, 2.45) is 0 Å². The highest BCUT2D eigenvalue weighted by molar-refractivity contribution is 5.55. The van der Waals surface area contributed by atoms with E-state index < -0.39 is 0 Å². The average molecular weight is 320 g/mol. The molecule has 0 aromatic heterocycles. The zero-order valence-electron chi connectivity index (χ0n) is 15.9. The van der Waals surface area contributed by atoms with Gasteiger partial charge >= 0.3 is 0 Å². The van der Waals surface area contributed by atoms with Gasteiger partial charge in [-0.05, 0) is 39.2 Å². The molecular weight excluding hydrogens is 282 g/mol. The van der Waals surface area contributed by atoms with Gasteiger partial charge in [0.25, 0.3) is 0 Å². The van der Waals surface area contributed by atoms with Crippen LogP contribution in [-0.4, -0.2) is 18.7 Å². The molecule has 0 aliphatic rings. The predicted molar refractivity (Wildman–Crippen MR) is 104 cm³/mol. The number of para-hydroxylation sites is 1. The lowest BCUT2D eigenvalue weighted by Gasteiger charge is -2.16. The Hall–Kier alpha value is -1.28. The van der Waals surface area contributed by atoms with Gasteiger partial charge in [0.15, 0.2) is 0 Å². The molecule has 0 amide bonds. The molecule has 0 spiro atoms. The fourth-order valence-electron chi connectivity index (χ4n) is 2.04. The number of unbranched alkanes of at least 4 members (excludes halogenated alkanes) is 2. The molecule has 0 heterocycles. The SMILES string of the molecule is C=Cc1ccccc1OCCCCC.CCC(C)NC(C)CC. The Kier molecular flexibility index (Phi) is 13.5. The van der Waals surface area contributed by atoms with E-state index >= 15 is 0 Å². The molecule has 2 nitrogen and oxygen atoms in total. The van der Waals surface area contributed by atoms with Gasteiger partial charge in [-0.25, -0.2) is 0 Å². The quantitative estimate of drug-likeness (QED) is 0.528. The number of rotatable bonds is 10. The monoisotopic (exact) mass is 319 g/mol. The molecule has 2 atom stereocenters. The number of nitrogens with one attached hydrogen (secondary N) is 1. The lowest BCUT2D eigenvalue weighted by Crippen LogP contribution is -2.33. The van der Waals surface area contributed by atoms with Crippen LogP contribution in [0.4, 0.5) is 0 Å². The van der Waals surface area contributed by atoms with Crippen molar-refractivity contribution >= 4 is 6.08 Å². The number of hydrogen-bond donors (Lipinski definition) is 1. The highest BCUT2D eigenvalue weighted by atomic mass is 16.5. The van der Waals surface area contributed by atoms with Crippen molar-refractivity contribution in [3.8, 4) is 5.75 Å². The maximum atomic E-state index is 5.66. The van der Waals surface area contributed by atoms with E-state index in [2.05, 4.69) is 46.5 Å². The predicted octanol–water partition coefficient (Wildman–Crippen LogP) is 6.07. The first-order chi connectivity index (χ1) is 11.1. The molecule has 132 valence electrons. The first-order valence-corrected chi connectivity index (χ1v) is 9.19. The smallest absolute Gasteiger partial charge is 0.126 e. The summed E-state index contributed by atoms with van der Waals surface area (Å²) in [5.41, 5.74) is 1.07. The standard InChI is InChI=1S/C13H18O.C8H19N/c1-3-5-8-11-14-13-10-7-6-9-12(13)4-2;1-5-7(3)9-8(4)6-2/h4,6-7,9-10H,2-3,5,8,11H2,1H3;7-9H,5-6H2,1-4H3. The van der Waals surface area contributed by atoms with Crippen LogP contribution in [0.25, 0.3) is 6.08 Å². The van der Waals surface area contributed by atoms with Gasteiger partial charge in [-0.15, -0.1) is 0 Å². The molecule has 2 unspecified atom stereocenters. The van der Waals surface area contributed by atoms with Gasteiger partial charge in [0.2, 0.25) is 0 Å². The molecule has 1 aromatic rings. The van der Waals surface area contributed by atoms with Crippen LogP contribution in [-0.2, 0) is 0 Å². The van der Waals surface area contributed by atoms with E-state index in [4.69, 9.17) is 4.74 Å². The highest BCUT2D eigenvalue weighted by Crippen LogP contribution is 2.18. The minimum Gasteiger partial charge on any atom is -0.493 e. The third kappa shape index (κ3) is 11.0. The Labute approximate surface area is 144 Å². The van der Waals surface area contributed by atoms with Crippen LogP contribution in [0.15, 0.2) is 30.8 Å². The van der Waals surface area contributed by atoms with Crippen molar-refractivity contribution in [3.63, 3.8) is 0 Å². The Balaban J connectivity index is 0.000000468. The maximum absolute atomic E-state index is 5.66. The maximum Gasteiger partial charge on any atom is 0.126 e. The molecule has 0 aliphatic carbocycles. The Morgan fingerprint density at radius 2 is 1.65 bits per heavy atom. The zero-order valence-corrected chi connectivity index (χ0v) is 15.9. The minimum atomic E-state index is 0.681. The second kappa shape index (κ2) is 14.3. The van der Waals surface area contributed by atoms with E-state index in [9.17, 15) is 0 Å². The normalized spacial score (nSPS) is 12.7. The van der Waals surface area contributed by atoms with Crippen molar-refractivity contribution in [2.45, 2.75) is 78.8 Å². The van der Waals surface area contributed by atoms with Crippen molar-refractivity contribution < 1.29 is 4.74 Å². The Morgan fingerprint density at radius 1 is 1.04 bits per heavy atom. The summed E-state index contributed by atoms with van der Waals surface area (Å²) < 4.78 is 5.66. The Morgan fingerprint density at radius 3 is 2.17 bits per heavy atom. The molecule has 0 fully saturated rings. The second-order valence-electron chi connectivity index (χ2n) is 6.08. The van der Waals surface area contributed by atoms with Crippen LogP contribution < -0.4 is 10.1 Å². The summed E-state index contributed by atoms with van der Waals surface area (Å²) in [6.45, 7) is 15.6. The van der Waals surface area contributed by atoms with Crippen molar-refractivity contribution in [1.82, 2.24) is 5.32 Å². The molecule has 23 heavy (non-hydrogen) atoms. The molecule has 0 radical (unpaired) electrons. The fraction of sp³-hybridized carbons (Fsp3) is 0.619. The van der Waals surface area contributed by atoms with Crippen molar-refractivity contribution in [1.29, 1.82) is 0 Å². The molecule has 2 heteroatoms. The molecular formula is C21H37NO. The van der Waals surface area contributed by atoms with Crippen LogP contribution >= 0.6 is 0 Å². The van der Waals surface area contributed by atoms with Gasteiger partial charge in [0, 0.05) is 17.6 Å². The van der Waals surface area contributed by atoms with Crippen LogP contribution in [0.5, 0.6) is 5.75 Å². The Bertz CT molecular complexity index is 395. The number of benzene rings is 1. The van der Waals surface area contributed by atoms with Gasteiger partial charge in [0.05, 0.1) is 6.61 Å². The molecule has 1 aromatic carbocycles. The number of hydrogen-bond acceptors (Lipinski definition) is 2. The fourth-order valence-corrected chi connectivity index (χ4v) is 2.04. The summed E-state index contributed by atoms with van der Waals surface area (Å²) in [6, 6.07) is 9.35. The summed E-state index contributed by atoms with van der Waals surface area (Å²) in [6.07, 6.45) is 7.87. The first kappa shape index (κ1) is 21.7. The third-order valence-corrected chi connectivity index (χ3v) is 3.94. The molecule has 0 saturated heterocycles. The minimum absolute atomic E-state index is 0.681.